The maximum atomic E-state index is 9.26. The molecule has 2 aromatic carbocycles. The fourth-order valence-corrected chi connectivity index (χ4v) is 3.74. The highest BCUT2D eigenvalue weighted by atomic mass is 35.5. The molecule has 0 saturated carbocycles. The van der Waals surface area contributed by atoms with Crippen LogP contribution in [0, 0.1) is 0 Å². The molecule has 0 spiro atoms. The Morgan fingerprint density at radius 2 is 1.72 bits per heavy atom. The molecule has 4 rings (SSSR count). The highest BCUT2D eigenvalue weighted by Crippen LogP contribution is 2.27. The lowest BCUT2D eigenvalue weighted by Gasteiger charge is -2.19. The van der Waals surface area contributed by atoms with Gasteiger partial charge in [0, 0.05) is 22.2 Å². The predicted molar refractivity (Wildman–Crippen MR) is 115 cm³/mol. The van der Waals surface area contributed by atoms with Gasteiger partial charge in [-0.1, -0.05) is 53.5 Å². The van der Waals surface area contributed by atoms with Crippen LogP contribution >= 0.6 is 23.2 Å². The maximum Gasteiger partial charge on any atom is 0.185 e. The average molecular weight is 428 g/mol. The van der Waals surface area contributed by atoms with Crippen molar-refractivity contribution in [3.05, 3.63) is 76.3 Å². The lowest BCUT2D eigenvalue weighted by atomic mass is 10.0. The molecule has 1 atom stereocenters. The molecule has 0 aliphatic rings. The Balaban J connectivity index is 1.69. The van der Waals surface area contributed by atoms with E-state index in [1.807, 2.05) is 30.3 Å². The number of rotatable bonds is 7. The van der Waals surface area contributed by atoms with Crippen LogP contribution in [0.15, 0.2) is 60.7 Å². The van der Waals surface area contributed by atoms with E-state index in [2.05, 4.69) is 32.7 Å². The van der Waals surface area contributed by atoms with Crippen molar-refractivity contribution in [3.8, 4) is 11.4 Å². The minimum absolute atomic E-state index is 0.0221. The van der Waals surface area contributed by atoms with Crippen molar-refractivity contribution >= 4 is 34.7 Å². The Morgan fingerprint density at radius 1 is 0.966 bits per heavy atom. The van der Waals surface area contributed by atoms with E-state index in [0.29, 0.717) is 33.8 Å². The van der Waals surface area contributed by atoms with Crippen LogP contribution in [0.25, 0.3) is 17.0 Å². The minimum atomic E-state index is 0.0221. The molecule has 0 saturated heterocycles. The van der Waals surface area contributed by atoms with Crippen LogP contribution in [0.4, 0.5) is 5.82 Å². The molecule has 0 aliphatic carbocycles. The van der Waals surface area contributed by atoms with Gasteiger partial charge in [-0.2, -0.15) is 4.52 Å². The van der Waals surface area contributed by atoms with Crippen LogP contribution in [0.2, 0.25) is 10.0 Å². The molecule has 0 amide bonds. The van der Waals surface area contributed by atoms with Crippen molar-refractivity contribution in [1.82, 2.24) is 19.8 Å². The molecule has 0 bridgehead atoms. The van der Waals surface area contributed by atoms with Gasteiger partial charge in [0.2, 0.25) is 0 Å². The standard InChI is InChI=1S/C21H19Cl2N5O/c22-16-11-15(12-17(23)13-16)21-26-25-20-9-8-19(27-28(20)21)24-18(7-4-10-29)14-5-2-1-3-6-14/h1-3,5-6,8-9,11-13,18,29H,4,7,10H2,(H,24,27). The number of benzene rings is 2. The van der Waals surface area contributed by atoms with Crippen LogP contribution in [0.5, 0.6) is 0 Å². The van der Waals surface area contributed by atoms with Gasteiger partial charge in [-0.15, -0.1) is 15.3 Å². The third-order valence-corrected chi connectivity index (χ3v) is 4.99. The maximum absolute atomic E-state index is 9.26. The van der Waals surface area contributed by atoms with Gasteiger partial charge >= 0.3 is 0 Å². The molecule has 148 valence electrons. The number of fused-ring (bicyclic) bond motifs is 1. The number of aliphatic hydroxyl groups is 1. The van der Waals surface area contributed by atoms with Crippen molar-refractivity contribution in [1.29, 1.82) is 0 Å². The van der Waals surface area contributed by atoms with Crippen molar-refractivity contribution < 1.29 is 5.11 Å². The Bertz CT molecular complexity index is 1100. The van der Waals surface area contributed by atoms with Crippen molar-refractivity contribution in [2.75, 3.05) is 11.9 Å². The van der Waals surface area contributed by atoms with E-state index in [1.165, 1.54) is 0 Å². The van der Waals surface area contributed by atoms with Gasteiger partial charge in [0.05, 0.1) is 6.04 Å². The summed E-state index contributed by atoms with van der Waals surface area (Å²) in [5.74, 6) is 1.23. The van der Waals surface area contributed by atoms with Crippen LogP contribution in [0.1, 0.15) is 24.4 Å². The number of halogens is 2. The molecule has 1 unspecified atom stereocenters. The van der Waals surface area contributed by atoms with Gasteiger partial charge in [-0.05, 0) is 48.7 Å². The Hall–Kier alpha value is -2.67. The van der Waals surface area contributed by atoms with Crippen LogP contribution < -0.4 is 5.32 Å². The van der Waals surface area contributed by atoms with E-state index in [0.717, 1.165) is 17.5 Å². The summed E-state index contributed by atoms with van der Waals surface area (Å²) in [6.45, 7) is 0.141. The van der Waals surface area contributed by atoms with Crippen molar-refractivity contribution in [3.63, 3.8) is 0 Å². The topological polar surface area (TPSA) is 75.3 Å². The van der Waals surface area contributed by atoms with E-state index >= 15 is 0 Å². The molecule has 29 heavy (non-hydrogen) atoms. The fraction of sp³-hybridized carbons (Fsp3) is 0.190. The summed E-state index contributed by atoms with van der Waals surface area (Å²) in [6.07, 6.45) is 1.47. The molecule has 6 nitrogen and oxygen atoms in total. The van der Waals surface area contributed by atoms with Gasteiger partial charge in [0.25, 0.3) is 0 Å². The number of hydrogen-bond acceptors (Lipinski definition) is 5. The quantitative estimate of drug-likeness (QED) is 0.432. The third-order valence-electron chi connectivity index (χ3n) is 4.56. The van der Waals surface area contributed by atoms with Crippen LogP contribution in [-0.4, -0.2) is 31.5 Å². The summed E-state index contributed by atoms with van der Waals surface area (Å²) in [6, 6.07) is 19.1. The average Bonchev–Trinajstić information content (AvgIpc) is 3.14. The second-order valence-corrected chi connectivity index (χ2v) is 7.52. The lowest BCUT2D eigenvalue weighted by molar-refractivity contribution is 0.281. The molecular weight excluding hydrogens is 409 g/mol. The summed E-state index contributed by atoms with van der Waals surface area (Å²) in [5, 5.41) is 26.9. The molecule has 4 aromatic rings. The first-order chi connectivity index (χ1) is 14.1. The van der Waals surface area contributed by atoms with Gasteiger partial charge in [0.15, 0.2) is 11.5 Å². The second kappa shape index (κ2) is 8.78. The molecule has 8 heteroatoms. The van der Waals surface area contributed by atoms with Crippen molar-refractivity contribution in [2.45, 2.75) is 18.9 Å². The molecule has 0 fully saturated rings. The zero-order valence-corrected chi connectivity index (χ0v) is 17.0. The van der Waals surface area contributed by atoms with Gasteiger partial charge in [0.1, 0.15) is 5.82 Å². The smallest absolute Gasteiger partial charge is 0.185 e. The number of aliphatic hydroxyl groups excluding tert-OH is 1. The summed E-state index contributed by atoms with van der Waals surface area (Å²) in [7, 11) is 0. The highest BCUT2D eigenvalue weighted by molar-refractivity contribution is 6.35. The molecular formula is C21H19Cl2N5O. The number of anilines is 1. The van der Waals surface area contributed by atoms with Gasteiger partial charge in [-0.3, -0.25) is 0 Å². The Morgan fingerprint density at radius 3 is 2.45 bits per heavy atom. The summed E-state index contributed by atoms with van der Waals surface area (Å²) in [4.78, 5) is 0. The van der Waals surface area contributed by atoms with Crippen LogP contribution in [-0.2, 0) is 0 Å². The SMILES string of the molecule is OCCCC(Nc1ccc2nnc(-c3cc(Cl)cc(Cl)c3)n2n1)c1ccccc1. The van der Waals surface area contributed by atoms with E-state index in [1.54, 1.807) is 22.7 Å². The van der Waals surface area contributed by atoms with E-state index in [4.69, 9.17) is 23.2 Å². The monoisotopic (exact) mass is 427 g/mol. The first-order valence-corrected chi connectivity index (χ1v) is 10.0. The normalized spacial score (nSPS) is 12.2. The zero-order valence-electron chi connectivity index (χ0n) is 15.5. The summed E-state index contributed by atoms with van der Waals surface area (Å²) < 4.78 is 1.67. The Labute approximate surface area is 178 Å². The second-order valence-electron chi connectivity index (χ2n) is 6.64. The van der Waals surface area contributed by atoms with Gasteiger partial charge in [-0.25, -0.2) is 0 Å². The Kier molecular flexibility index (Phi) is 5.94. The lowest BCUT2D eigenvalue weighted by Crippen LogP contribution is -2.13. The molecule has 2 aromatic heterocycles. The highest BCUT2D eigenvalue weighted by Gasteiger charge is 2.15. The summed E-state index contributed by atoms with van der Waals surface area (Å²) in [5.41, 5.74) is 2.49. The molecule has 2 heterocycles. The first-order valence-electron chi connectivity index (χ1n) is 9.25. The number of hydrogen-bond donors (Lipinski definition) is 2. The molecule has 0 aliphatic heterocycles. The first kappa shape index (κ1) is 19.6. The largest absolute Gasteiger partial charge is 0.396 e. The fourth-order valence-electron chi connectivity index (χ4n) is 3.21. The third kappa shape index (κ3) is 4.50. The van der Waals surface area contributed by atoms with Crippen molar-refractivity contribution in [2.24, 2.45) is 0 Å². The van der Waals surface area contributed by atoms with E-state index < -0.39 is 0 Å². The van der Waals surface area contributed by atoms with Crippen LogP contribution in [0.3, 0.4) is 0 Å². The number of nitrogens with zero attached hydrogens (tertiary/aromatic N) is 4. The molecule has 2 N–H and O–H groups in total. The minimum Gasteiger partial charge on any atom is -0.396 e. The van der Waals surface area contributed by atoms with Gasteiger partial charge < -0.3 is 10.4 Å². The zero-order chi connectivity index (χ0) is 20.2. The number of aromatic nitrogens is 4. The number of nitrogens with one attached hydrogen (secondary N) is 1. The predicted octanol–water partition coefficient (Wildman–Crippen LogP) is 5.02. The van der Waals surface area contributed by atoms with E-state index in [-0.39, 0.29) is 12.6 Å². The summed E-state index contributed by atoms with van der Waals surface area (Å²) >= 11 is 12.3. The molecule has 0 radical (unpaired) electrons. The van der Waals surface area contributed by atoms with E-state index in [9.17, 15) is 5.11 Å².